The van der Waals surface area contributed by atoms with Gasteiger partial charge in [0.25, 0.3) is 5.91 Å². The summed E-state index contributed by atoms with van der Waals surface area (Å²) in [6.07, 6.45) is 5.49. The normalized spacial score (nSPS) is 13.2. The van der Waals surface area contributed by atoms with Crippen molar-refractivity contribution in [2.75, 3.05) is 11.9 Å². The number of aromatic nitrogens is 4. The van der Waals surface area contributed by atoms with Crippen molar-refractivity contribution < 1.29 is 9.53 Å². The van der Waals surface area contributed by atoms with Crippen molar-refractivity contribution in [2.24, 2.45) is 0 Å². The standard InChI is InChI=1S/C24H24N6O2/c1-15(2)32-19-5-3-16(4-6-19)24(31)29-22-10-17-9-18(11-26-20(17)12-27-22)21-13-28-23-14-25-7-8-30(21)23/h3-6,9-13,15,25H,7-8,14H2,1-2H3,(H,27,29,31). The van der Waals surface area contributed by atoms with Crippen LogP contribution in [0.25, 0.3) is 22.2 Å². The van der Waals surface area contributed by atoms with E-state index in [1.165, 1.54) is 0 Å². The Labute approximate surface area is 185 Å². The highest BCUT2D eigenvalue weighted by molar-refractivity contribution is 6.04. The van der Waals surface area contributed by atoms with Gasteiger partial charge in [-0.2, -0.15) is 0 Å². The summed E-state index contributed by atoms with van der Waals surface area (Å²) < 4.78 is 7.85. The molecule has 0 atom stereocenters. The Morgan fingerprint density at radius 2 is 1.94 bits per heavy atom. The molecule has 1 aliphatic rings. The number of carbonyl (C=O) groups is 1. The molecule has 0 saturated heterocycles. The lowest BCUT2D eigenvalue weighted by Gasteiger charge is -2.17. The number of rotatable bonds is 5. The Hall–Kier alpha value is -3.78. The Bertz CT molecular complexity index is 1280. The van der Waals surface area contributed by atoms with E-state index in [1.807, 2.05) is 32.3 Å². The van der Waals surface area contributed by atoms with E-state index < -0.39 is 0 Å². The topological polar surface area (TPSA) is 94.0 Å². The molecular formula is C24H24N6O2. The fourth-order valence-electron chi connectivity index (χ4n) is 3.81. The third-order valence-corrected chi connectivity index (χ3v) is 5.33. The van der Waals surface area contributed by atoms with Crippen LogP contribution in [0.5, 0.6) is 5.75 Å². The second-order valence-corrected chi connectivity index (χ2v) is 8.02. The maximum atomic E-state index is 12.7. The molecule has 5 rings (SSSR count). The van der Waals surface area contributed by atoms with Crippen molar-refractivity contribution in [3.63, 3.8) is 0 Å². The third-order valence-electron chi connectivity index (χ3n) is 5.33. The average Bonchev–Trinajstić information content (AvgIpc) is 3.23. The Kier molecular flexibility index (Phi) is 5.28. The number of imidazole rings is 1. The van der Waals surface area contributed by atoms with Crippen LogP contribution in [-0.4, -0.2) is 38.1 Å². The van der Waals surface area contributed by atoms with Gasteiger partial charge in [-0.3, -0.25) is 9.78 Å². The van der Waals surface area contributed by atoms with Crippen molar-refractivity contribution in [3.8, 4) is 17.0 Å². The van der Waals surface area contributed by atoms with Crippen LogP contribution >= 0.6 is 0 Å². The molecule has 1 aliphatic heterocycles. The van der Waals surface area contributed by atoms with Crippen LogP contribution in [0.4, 0.5) is 5.82 Å². The molecule has 0 fully saturated rings. The van der Waals surface area contributed by atoms with Gasteiger partial charge in [-0.1, -0.05) is 0 Å². The first-order valence-electron chi connectivity index (χ1n) is 10.7. The van der Waals surface area contributed by atoms with E-state index >= 15 is 0 Å². The van der Waals surface area contributed by atoms with Crippen LogP contribution in [0.3, 0.4) is 0 Å². The number of carbonyl (C=O) groups excluding carboxylic acids is 1. The predicted molar refractivity (Wildman–Crippen MR) is 123 cm³/mol. The van der Waals surface area contributed by atoms with Crippen molar-refractivity contribution >= 4 is 22.6 Å². The van der Waals surface area contributed by atoms with Crippen LogP contribution in [0.1, 0.15) is 30.0 Å². The van der Waals surface area contributed by atoms with Crippen molar-refractivity contribution in [3.05, 3.63) is 66.4 Å². The Balaban J connectivity index is 1.38. The van der Waals surface area contributed by atoms with Gasteiger partial charge in [0.2, 0.25) is 0 Å². The fourth-order valence-corrected chi connectivity index (χ4v) is 3.81. The highest BCUT2D eigenvalue weighted by atomic mass is 16.5. The van der Waals surface area contributed by atoms with Crippen LogP contribution in [0.2, 0.25) is 0 Å². The van der Waals surface area contributed by atoms with E-state index in [9.17, 15) is 4.79 Å². The predicted octanol–water partition coefficient (Wildman–Crippen LogP) is 3.64. The fraction of sp³-hybridized carbons (Fsp3) is 0.250. The molecule has 2 N–H and O–H groups in total. The number of hydrogen-bond acceptors (Lipinski definition) is 6. The minimum atomic E-state index is -0.227. The maximum absolute atomic E-state index is 12.7. The van der Waals surface area contributed by atoms with E-state index in [2.05, 4.69) is 36.2 Å². The maximum Gasteiger partial charge on any atom is 0.256 e. The van der Waals surface area contributed by atoms with Gasteiger partial charge < -0.3 is 19.9 Å². The second-order valence-electron chi connectivity index (χ2n) is 8.02. The Morgan fingerprint density at radius 3 is 2.75 bits per heavy atom. The van der Waals surface area contributed by atoms with E-state index in [0.717, 1.165) is 53.4 Å². The summed E-state index contributed by atoms with van der Waals surface area (Å²) in [5, 5.41) is 7.10. The number of benzene rings is 1. The van der Waals surface area contributed by atoms with E-state index in [1.54, 1.807) is 30.5 Å². The molecule has 0 unspecified atom stereocenters. The lowest BCUT2D eigenvalue weighted by atomic mass is 10.1. The van der Waals surface area contributed by atoms with Gasteiger partial charge in [0.1, 0.15) is 17.4 Å². The number of anilines is 1. The van der Waals surface area contributed by atoms with E-state index in [0.29, 0.717) is 11.4 Å². The summed E-state index contributed by atoms with van der Waals surface area (Å²) in [6.45, 7) is 6.49. The van der Waals surface area contributed by atoms with Crippen LogP contribution < -0.4 is 15.4 Å². The van der Waals surface area contributed by atoms with Gasteiger partial charge in [-0.05, 0) is 50.2 Å². The Morgan fingerprint density at radius 1 is 1.09 bits per heavy atom. The number of hydrogen-bond donors (Lipinski definition) is 2. The number of pyridine rings is 2. The summed E-state index contributed by atoms with van der Waals surface area (Å²) in [4.78, 5) is 26.1. The zero-order valence-electron chi connectivity index (χ0n) is 18.0. The van der Waals surface area contributed by atoms with Gasteiger partial charge >= 0.3 is 0 Å². The number of nitrogens with zero attached hydrogens (tertiary/aromatic N) is 4. The summed E-state index contributed by atoms with van der Waals surface area (Å²) in [5.74, 6) is 2.01. The van der Waals surface area contributed by atoms with Crippen LogP contribution in [0, 0.1) is 0 Å². The number of amides is 1. The molecule has 0 radical (unpaired) electrons. The summed E-state index contributed by atoms with van der Waals surface area (Å²) >= 11 is 0. The lowest BCUT2D eigenvalue weighted by Crippen LogP contribution is -2.28. The third kappa shape index (κ3) is 4.04. The first kappa shape index (κ1) is 20.1. The highest BCUT2D eigenvalue weighted by Gasteiger charge is 2.16. The van der Waals surface area contributed by atoms with E-state index in [4.69, 9.17) is 4.74 Å². The van der Waals surface area contributed by atoms with Gasteiger partial charge in [0.15, 0.2) is 0 Å². The van der Waals surface area contributed by atoms with Crippen LogP contribution in [-0.2, 0) is 13.1 Å². The lowest BCUT2D eigenvalue weighted by molar-refractivity contribution is 0.102. The molecule has 1 aromatic carbocycles. The van der Waals surface area contributed by atoms with Gasteiger partial charge in [-0.15, -0.1) is 0 Å². The smallest absolute Gasteiger partial charge is 0.256 e. The molecule has 0 spiro atoms. The number of ether oxygens (including phenoxy) is 1. The number of nitrogens with one attached hydrogen (secondary N) is 2. The second kappa shape index (κ2) is 8.39. The van der Waals surface area contributed by atoms with Crippen molar-refractivity contribution in [2.45, 2.75) is 33.0 Å². The molecule has 162 valence electrons. The van der Waals surface area contributed by atoms with Gasteiger partial charge in [-0.25, -0.2) is 9.97 Å². The SMILES string of the molecule is CC(C)Oc1ccc(C(=O)Nc2cc3cc(-c4cnc5n4CCNC5)cnc3cn2)cc1. The zero-order chi connectivity index (χ0) is 22.1. The highest BCUT2D eigenvalue weighted by Crippen LogP contribution is 2.26. The monoisotopic (exact) mass is 428 g/mol. The molecule has 1 amide bonds. The first-order chi connectivity index (χ1) is 15.6. The zero-order valence-corrected chi connectivity index (χ0v) is 18.0. The molecule has 8 heteroatoms. The molecule has 0 bridgehead atoms. The quantitative estimate of drug-likeness (QED) is 0.504. The molecule has 4 aromatic rings. The minimum absolute atomic E-state index is 0.0831. The first-order valence-corrected chi connectivity index (χ1v) is 10.7. The summed E-state index contributed by atoms with van der Waals surface area (Å²) in [5.41, 5.74) is 3.33. The molecule has 0 aliphatic carbocycles. The molecule has 0 saturated carbocycles. The molecule has 32 heavy (non-hydrogen) atoms. The van der Waals surface area contributed by atoms with Gasteiger partial charge in [0, 0.05) is 35.8 Å². The van der Waals surface area contributed by atoms with Crippen LogP contribution in [0.15, 0.2) is 55.0 Å². The molecule has 4 heterocycles. The largest absolute Gasteiger partial charge is 0.491 e. The number of fused-ring (bicyclic) bond motifs is 2. The molecule has 8 nitrogen and oxygen atoms in total. The van der Waals surface area contributed by atoms with Crippen molar-refractivity contribution in [1.82, 2.24) is 24.8 Å². The minimum Gasteiger partial charge on any atom is -0.491 e. The van der Waals surface area contributed by atoms with E-state index in [-0.39, 0.29) is 12.0 Å². The average molecular weight is 428 g/mol. The molecular weight excluding hydrogens is 404 g/mol. The van der Waals surface area contributed by atoms with Gasteiger partial charge in [0.05, 0.1) is 36.3 Å². The summed E-state index contributed by atoms with van der Waals surface area (Å²) in [6, 6.07) is 11.0. The molecule has 3 aromatic heterocycles. The summed E-state index contributed by atoms with van der Waals surface area (Å²) in [7, 11) is 0. The van der Waals surface area contributed by atoms with Crippen molar-refractivity contribution in [1.29, 1.82) is 0 Å².